The summed E-state index contributed by atoms with van der Waals surface area (Å²) in [6.07, 6.45) is 2.45. The first kappa shape index (κ1) is 11.8. The number of benzene rings is 1. The highest BCUT2D eigenvalue weighted by Crippen LogP contribution is 2.25. The summed E-state index contributed by atoms with van der Waals surface area (Å²) in [5, 5.41) is 0. The van der Waals surface area contributed by atoms with Gasteiger partial charge in [0.2, 0.25) is 0 Å². The Hall–Kier alpha value is -1.26. The van der Waals surface area contributed by atoms with E-state index in [9.17, 15) is 0 Å². The molecule has 2 N–H and O–H groups in total. The number of hydrogen-bond donors (Lipinski definition) is 1. The lowest BCUT2D eigenvalue weighted by molar-refractivity contribution is -0.0777. The fourth-order valence-electron chi connectivity index (χ4n) is 2.56. The van der Waals surface area contributed by atoms with Crippen LogP contribution < -0.4 is 10.5 Å². The number of nitrogen functional groups attached to an aromatic ring is 1. The molecule has 0 unspecified atom stereocenters. The van der Waals surface area contributed by atoms with Gasteiger partial charge in [0.1, 0.15) is 11.9 Å². The highest BCUT2D eigenvalue weighted by atomic mass is 16.5. The van der Waals surface area contributed by atoms with Gasteiger partial charge in [0.15, 0.2) is 0 Å². The molecule has 2 fully saturated rings. The number of likely N-dealkylation sites (tertiary alicyclic amines) is 1. The van der Waals surface area contributed by atoms with Crippen LogP contribution in [-0.2, 0) is 4.74 Å². The first-order valence-corrected chi connectivity index (χ1v) is 6.66. The van der Waals surface area contributed by atoms with Gasteiger partial charge in [-0.2, -0.15) is 0 Å². The molecule has 4 heteroatoms. The van der Waals surface area contributed by atoms with Crippen molar-refractivity contribution < 1.29 is 9.47 Å². The van der Waals surface area contributed by atoms with Gasteiger partial charge < -0.3 is 15.2 Å². The largest absolute Gasteiger partial charge is 0.488 e. The molecule has 1 aromatic rings. The van der Waals surface area contributed by atoms with E-state index in [1.165, 1.54) is 0 Å². The number of hydrogen-bond acceptors (Lipinski definition) is 4. The molecule has 2 heterocycles. The van der Waals surface area contributed by atoms with Crippen LogP contribution in [0, 0.1) is 0 Å². The Morgan fingerprint density at radius 3 is 2.50 bits per heavy atom. The third-order valence-electron chi connectivity index (χ3n) is 3.83. The van der Waals surface area contributed by atoms with Gasteiger partial charge in [-0.3, -0.25) is 4.90 Å². The van der Waals surface area contributed by atoms with Crippen molar-refractivity contribution in [3.05, 3.63) is 24.3 Å². The Morgan fingerprint density at radius 1 is 1.17 bits per heavy atom. The number of rotatable bonds is 3. The number of piperidine rings is 1. The highest BCUT2D eigenvalue weighted by molar-refractivity contribution is 5.51. The molecule has 0 atom stereocenters. The minimum Gasteiger partial charge on any atom is -0.488 e. The third kappa shape index (κ3) is 2.44. The van der Waals surface area contributed by atoms with E-state index in [1.807, 2.05) is 24.3 Å². The first-order chi connectivity index (χ1) is 8.83. The Balaban J connectivity index is 1.52. The molecule has 1 aromatic carbocycles. The molecule has 2 saturated heterocycles. The average molecular weight is 248 g/mol. The lowest BCUT2D eigenvalue weighted by Crippen LogP contribution is -2.52. The molecule has 0 saturated carbocycles. The van der Waals surface area contributed by atoms with Crippen molar-refractivity contribution >= 4 is 5.69 Å². The molecule has 0 aliphatic carbocycles. The van der Waals surface area contributed by atoms with Crippen molar-refractivity contribution in [2.75, 3.05) is 32.0 Å². The molecular weight excluding hydrogens is 228 g/mol. The maximum Gasteiger partial charge on any atom is 0.142 e. The first-order valence-electron chi connectivity index (χ1n) is 6.66. The number of para-hydroxylation sites is 2. The summed E-state index contributed by atoms with van der Waals surface area (Å²) in [5.41, 5.74) is 6.62. The predicted octanol–water partition coefficient (Wildman–Crippen LogP) is 1.51. The standard InChI is InChI=1S/C14H20N2O2/c15-13-3-1-2-4-14(13)18-12-5-7-16(8-6-12)11-9-17-10-11/h1-4,11-12H,5-10,15H2. The number of nitrogens with zero attached hydrogens (tertiary/aromatic N) is 1. The van der Waals surface area contributed by atoms with Crippen LogP contribution in [0.2, 0.25) is 0 Å². The summed E-state index contributed by atoms with van der Waals surface area (Å²) in [7, 11) is 0. The van der Waals surface area contributed by atoms with Gasteiger partial charge in [-0.25, -0.2) is 0 Å². The number of ether oxygens (including phenoxy) is 2. The summed E-state index contributed by atoms with van der Waals surface area (Å²) >= 11 is 0. The van der Waals surface area contributed by atoms with Crippen molar-refractivity contribution in [2.24, 2.45) is 0 Å². The normalized spacial score (nSPS) is 22.7. The second kappa shape index (κ2) is 5.16. The van der Waals surface area contributed by atoms with Crippen molar-refractivity contribution in [3.63, 3.8) is 0 Å². The second-order valence-corrected chi connectivity index (χ2v) is 5.08. The van der Waals surface area contributed by atoms with Gasteiger partial charge >= 0.3 is 0 Å². The van der Waals surface area contributed by atoms with Crippen LogP contribution in [0.5, 0.6) is 5.75 Å². The lowest BCUT2D eigenvalue weighted by Gasteiger charge is -2.41. The van der Waals surface area contributed by atoms with E-state index < -0.39 is 0 Å². The van der Waals surface area contributed by atoms with E-state index in [2.05, 4.69) is 4.90 Å². The monoisotopic (exact) mass is 248 g/mol. The molecule has 0 aromatic heterocycles. The van der Waals surface area contributed by atoms with E-state index in [1.54, 1.807) is 0 Å². The SMILES string of the molecule is Nc1ccccc1OC1CCN(C2COC2)CC1. The van der Waals surface area contributed by atoms with E-state index in [0.29, 0.717) is 12.1 Å². The van der Waals surface area contributed by atoms with E-state index in [-0.39, 0.29) is 0 Å². The maximum absolute atomic E-state index is 5.98. The van der Waals surface area contributed by atoms with Crippen LogP contribution in [0.25, 0.3) is 0 Å². The summed E-state index contributed by atoms with van der Waals surface area (Å²) < 4.78 is 11.2. The molecule has 0 amide bonds. The van der Waals surface area contributed by atoms with Gasteiger partial charge in [0.05, 0.1) is 24.9 Å². The zero-order valence-electron chi connectivity index (χ0n) is 10.5. The van der Waals surface area contributed by atoms with Crippen LogP contribution in [-0.4, -0.2) is 43.3 Å². The van der Waals surface area contributed by atoms with Crippen LogP contribution in [0.4, 0.5) is 5.69 Å². The molecule has 98 valence electrons. The molecule has 0 radical (unpaired) electrons. The summed E-state index contributed by atoms with van der Waals surface area (Å²) in [4.78, 5) is 2.51. The zero-order valence-corrected chi connectivity index (χ0v) is 10.5. The summed E-state index contributed by atoms with van der Waals surface area (Å²) in [5.74, 6) is 0.822. The fourth-order valence-corrected chi connectivity index (χ4v) is 2.56. The van der Waals surface area contributed by atoms with Crippen molar-refractivity contribution in [1.82, 2.24) is 4.90 Å². The molecule has 0 spiro atoms. The molecule has 4 nitrogen and oxygen atoms in total. The fraction of sp³-hybridized carbons (Fsp3) is 0.571. The Kier molecular flexibility index (Phi) is 3.39. The molecular formula is C14H20N2O2. The molecule has 2 aliphatic heterocycles. The predicted molar refractivity (Wildman–Crippen MR) is 70.7 cm³/mol. The van der Waals surface area contributed by atoms with Crippen LogP contribution >= 0.6 is 0 Å². The average Bonchev–Trinajstić information content (AvgIpc) is 2.32. The lowest BCUT2D eigenvalue weighted by atomic mass is 10.0. The number of nitrogens with two attached hydrogens (primary N) is 1. The maximum atomic E-state index is 5.98. The van der Waals surface area contributed by atoms with Gasteiger partial charge in [0.25, 0.3) is 0 Å². The summed E-state index contributed by atoms with van der Waals surface area (Å²) in [6.45, 7) is 4.01. The zero-order chi connectivity index (χ0) is 12.4. The quantitative estimate of drug-likeness (QED) is 0.824. The van der Waals surface area contributed by atoms with Crippen LogP contribution in [0.1, 0.15) is 12.8 Å². The topological polar surface area (TPSA) is 47.7 Å². The molecule has 3 rings (SSSR count). The highest BCUT2D eigenvalue weighted by Gasteiger charge is 2.30. The Bertz CT molecular complexity index is 399. The van der Waals surface area contributed by atoms with Gasteiger partial charge in [-0.05, 0) is 25.0 Å². The van der Waals surface area contributed by atoms with Crippen molar-refractivity contribution in [3.8, 4) is 5.75 Å². The minimum atomic E-state index is 0.298. The smallest absolute Gasteiger partial charge is 0.142 e. The third-order valence-corrected chi connectivity index (χ3v) is 3.83. The van der Waals surface area contributed by atoms with Crippen molar-refractivity contribution in [2.45, 2.75) is 25.0 Å². The van der Waals surface area contributed by atoms with E-state index in [4.69, 9.17) is 15.2 Å². The Morgan fingerprint density at radius 2 is 1.89 bits per heavy atom. The Labute approximate surface area is 108 Å². The van der Waals surface area contributed by atoms with Crippen LogP contribution in [0.3, 0.4) is 0 Å². The molecule has 18 heavy (non-hydrogen) atoms. The van der Waals surface area contributed by atoms with Crippen molar-refractivity contribution in [1.29, 1.82) is 0 Å². The van der Waals surface area contributed by atoms with E-state index >= 15 is 0 Å². The number of anilines is 1. The molecule has 0 bridgehead atoms. The van der Waals surface area contributed by atoms with Gasteiger partial charge in [0, 0.05) is 13.1 Å². The van der Waals surface area contributed by atoms with E-state index in [0.717, 1.165) is 50.6 Å². The molecule has 2 aliphatic rings. The van der Waals surface area contributed by atoms with Gasteiger partial charge in [-0.1, -0.05) is 12.1 Å². The second-order valence-electron chi connectivity index (χ2n) is 5.08. The summed E-state index contributed by atoms with van der Waals surface area (Å²) in [6, 6.07) is 8.37. The minimum absolute atomic E-state index is 0.298. The van der Waals surface area contributed by atoms with Gasteiger partial charge in [-0.15, -0.1) is 0 Å². The van der Waals surface area contributed by atoms with Crippen LogP contribution in [0.15, 0.2) is 24.3 Å².